The van der Waals surface area contributed by atoms with Gasteiger partial charge >= 0.3 is 15.6 Å². The first-order valence-corrected chi connectivity index (χ1v) is 22.3. The molecule has 0 radical (unpaired) electrons. The summed E-state index contributed by atoms with van der Waals surface area (Å²) in [4.78, 5) is 3.94. The quantitative estimate of drug-likeness (QED) is 0.0904. The number of benzene rings is 9. The average Bonchev–Trinajstić information content (AvgIpc) is 3.34. The van der Waals surface area contributed by atoms with Gasteiger partial charge in [-0.1, -0.05) is 170 Å². The summed E-state index contributed by atoms with van der Waals surface area (Å²) in [6.45, 7) is 1.54. The topological polar surface area (TPSA) is 49.9 Å². The SMILES string of the molecule is Cc1cc(N(c2ccc(-c3ccccc3)cc2)c2ccc(-c3ccccc3)cc2)c(N(c2ccc(-c3ccccc3)cc2)c2ccc(-c3ccccc3)cc2)cc1OS(=O)(=O)C(F)(F)F. The lowest BCUT2D eigenvalue weighted by Crippen LogP contribution is -2.28. The van der Waals surface area contributed by atoms with E-state index in [1.807, 2.05) is 228 Å². The highest BCUT2D eigenvalue weighted by Gasteiger charge is 2.49. The second-order valence-electron chi connectivity index (χ2n) is 15.4. The first-order chi connectivity index (χ1) is 31.5. The highest BCUT2D eigenvalue weighted by Crippen LogP contribution is 2.49. The van der Waals surface area contributed by atoms with Gasteiger partial charge in [0.1, 0.15) is 5.75 Å². The molecule has 65 heavy (non-hydrogen) atoms. The molecule has 0 saturated heterocycles. The van der Waals surface area contributed by atoms with Crippen LogP contribution in [0.4, 0.5) is 47.3 Å². The summed E-state index contributed by atoms with van der Waals surface area (Å²) in [5.41, 5.74) is 6.17. The van der Waals surface area contributed by atoms with Crippen molar-refractivity contribution in [2.45, 2.75) is 12.4 Å². The van der Waals surface area contributed by atoms with E-state index in [1.54, 1.807) is 6.07 Å². The second kappa shape index (κ2) is 18.1. The number of anilines is 6. The number of hydrogen-bond donors (Lipinski definition) is 0. The zero-order valence-corrected chi connectivity index (χ0v) is 35.9. The lowest BCUT2D eigenvalue weighted by Gasteiger charge is -2.34. The number of rotatable bonds is 12. The smallest absolute Gasteiger partial charge is 0.376 e. The standard InChI is InChI=1S/C56H41F3N2O3S/c1-40-38-53(60(49-30-22-45(23-31-49)41-14-6-2-7-15-41)50-32-24-46(25-33-50)42-16-8-3-9-17-42)54(39-55(40)64-65(62,63)56(57,58)59)61(51-34-26-47(27-35-51)43-18-10-4-11-19-43)52-36-28-48(29-37-52)44-20-12-5-13-21-44/h2-39H,1H3. The Labute approximate surface area is 377 Å². The van der Waals surface area contributed by atoms with E-state index in [2.05, 4.69) is 0 Å². The third-order valence-electron chi connectivity index (χ3n) is 11.2. The van der Waals surface area contributed by atoms with Gasteiger partial charge in [-0.2, -0.15) is 21.6 Å². The van der Waals surface area contributed by atoms with Crippen molar-refractivity contribution in [1.82, 2.24) is 0 Å². The van der Waals surface area contributed by atoms with E-state index in [9.17, 15) is 21.6 Å². The van der Waals surface area contributed by atoms with Crippen molar-refractivity contribution in [2.24, 2.45) is 0 Å². The van der Waals surface area contributed by atoms with Crippen molar-refractivity contribution < 1.29 is 25.8 Å². The summed E-state index contributed by atoms with van der Waals surface area (Å²) < 4.78 is 72.5. The van der Waals surface area contributed by atoms with E-state index >= 15 is 0 Å². The van der Waals surface area contributed by atoms with E-state index in [4.69, 9.17) is 4.18 Å². The maximum Gasteiger partial charge on any atom is 0.534 e. The fourth-order valence-corrected chi connectivity index (χ4v) is 8.37. The number of nitrogens with zero attached hydrogens (tertiary/aromatic N) is 2. The molecule has 9 rings (SSSR count). The summed E-state index contributed by atoms with van der Waals surface area (Å²) >= 11 is 0. The number of hydrogen-bond acceptors (Lipinski definition) is 5. The largest absolute Gasteiger partial charge is 0.534 e. The molecule has 0 heterocycles. The van der Waals surface area contributed by atoms with Gasteiger partial charge in [-0.3, -0.25) is 0 Å². The van der Waals surface area contributed by atoms with Crippen molar-refractivity contribution in [3.05, 3.63) is 236 Å². The summed E-state index contributed by atoms with van der Waals surface area (Å²) in [6.07, 6.45) is 0. The minimum atomic E-state index is -6.05. The summed E-state index contributed by atoms with van der Waals surface area (Å²) in [5.74, 6) is -0.466. The van der Waals surface area contributed by atoms with Gasteiger partial charge in [-0.15, -0.1) is 0 Å². The normalized spacial score (nSPS) is 11.5. The lowest BCUT2D eigenvalue weighted by molar-refractivity contribution is -0.0500. The van der Waals surface area contributed by atoms with E-state index in [1.165, 1.54) is 13.0 Å². The Kier molecular flexibility index (Phi) is 11.8. The maximum atomic E-state index is 14.0. The van der Waals surface area contributed by atoms with E-state index < -0.39 is 21.4 Å². The van der Waals surface area contributed by atoms with E-state index in [-0.39, 0.29) is 5.56 Å². The molecular formula is C56H41F3N2O3S. The number of alkyl halides is 3. The molecule has 0 aliphatic heterocycles. The molecule has 320 valence electrons. The van der Waals surface area contributed by atoms with Crippen molar-refractivity contribution >= 4 is 44.2 Å². The van der Waals surface area contributed by atoms with Crippen LogP contribution in [0.1, 0.15) is 5.56 Å². The van der Waals surface area contributed by atoms with E-state index in [0.29, 0.717) is 22.7 Å². The molecule has 5 nitrogen and oxygen atoms in total. The zero-order valence-electron chi connectivity index (χ0n) is 35.1. The molecule has 0 aliphatic carbocycles. The third kappa shape index (κ3) is 9.14. The first kappa shape index (κ1) is 42.4. The van der Waals surface area contributed by atoms with E-state index in [0.717, 1.165) is 55.9 Å². The van der Waals surface area contributed by atoms with Gasteiger partial charge < -0.3 is 14.0 Å². The number of aryl methyl sites for hydroxylation is 1. The molecule has 9 heteroatoms. The van der Waals surface area contributed by atoms with Crippen LogP contribution < -0.4 is 14.0 Å². The molecule has 0 saturated carbocycles. The number of halogens is 3. The molecule has 9 aromatic rings. The van der Waals surface area contributed by atoms with Gasteiger partial charge in [0.15, 0.2) is 0 Å². The van der Waals surface area contributed by atoms with Gasteiger partial charge in [0, 0.05) is 28.8 Å². The molecule has 0 aromatic heterocycles. The summed E-state index contributed by atoms with van der Waals surface area (Å²) in [5, 5.41) is 0. The highest BCUT2D eigenvalue weighted by molar-refractivity contribution is 7.88. The molecule has 0 N–H and O–H groups in total. The summed E-state index contributed by atoms with van der Waals surface area (Å²) in [6, 6.07) is 74.7. The van der Waals surface area contributed by atoms with Crippen molar-refractivity contribution in [1.29, 1.82) is 0 Å². The lowest BCUT2D eigenvalue weighted by atomic mass is 10.0. The molecule has 0 aliphatic rings. The van der Waals surface area contributed by atoms with Crippen molar-refractivity contribution in [3.63, 3.8) is 0 Å². The maximum absolute atomic E-state index is 14.0. The van der Waals surface area contributed by atoms with Crippen molar-refractivity contribution in [3.8, 4) is 50.3 Å². The van der Waals surface area contributed by atoms with Crippen LogP contribution in [-0.2, 0) is 10.1 Å². The van der Waals surface area contributed by atoms with Crippen LogP contribution in [0.15, 0.2) is 231 Å². The Morgan fingerprint density at radius 1 is 0.369 bits per heavy atom. The minimum Gasteiger partial charge on any atom is -0.376 e. The molecule has 0 amide bonds. The Balaban J connectivity index is 1.29. The van der Waals surface area contributed by atoms with Gasteiger partial charge in [0.05, 0.1) is 11.4 Å². The van der Waals surface area contributed by atoms with Crippen LogP contribution in [0.2, 0.25) is 0 Å². The molecule has 0 atom stereocenters. The van der Waals surface area contributed by atoms with Crippen LogP contribution in [0.3, 0.4) is 0 Å². The van der Waals surface area contributed by atoms with Gasteiger partial charge in [-0.25, -0.2) is 0 Å². The van der Waals surface area contributed by atoms with Gasteiger partial charge in [0.25, 0.3) is 0 Å². The van der Waals surface area contributed by atoms with Crippen molar-refractivity contribution in [2.75, 3.05) is 9.80 Å². The van der Waals surface area contributed by atoms with Crippen LogP contribution in [-0.4, -0.2) is 13.9 Å². The summed E-state index contributed by atoms with van der Waals surface area (Å²) in [7, 11) is -6.05. The Morgan fingerprint density at radius 2 is 0.615 bits per heavy atom. The van der Waals surface area contributed by atoms with Gasteiger partial charge in [-0.05, 0) is 112 Å². The second-order valence-corrected chi connectivity index (χ2v) is 16.9. The Bertz CT molecular complexity index is 2970. The first-order valence-electron chi connectivity index (χ1n) is 20.9. The fraction of sp³-hybridized carbons (Fsp3) is 0.0357. The molecule has 0 unspecified atom stereocenters. The Morgan fingerprint density at radius 3 is 0.877 bits per heavy atom. The predicted molar refractivity (Wildman–Crippen MR) is 258 cm³/mol. The highest BCUT2D eigenvalue weighted by atomic mass is 32.2. The zero-order chi connectivity index (χ0) is 45.0. The van der Waals surface area contributed by atoms with Gasteiger partial charge in [0.2, 0.25) is 0 Å². The minimum absolute atomic E-state index is 0.169. The molecule has 0 fully saturated rings. The molecule has 9 aromatic carbocycles. The predicted octanol–water partition coefficient (Wildman–Crippen LogP) is 15.8. The van der Waals surface area contributed by atoms with Crippen LogP contribution in [0, 0.1) is 6.92 Å². The molecule has 0 bridgehead atoms. The van der Waals surface area contributed by atoms with Crippen LogP contribution in [0.5, 0.6) is 5.75 Å². The average molecular weight is 879 g/mol. The van der Waals surface area contributed by atoms with Crippen LogP contribution >= 0.6 is 0 Å². The molecule has 0 spiro atoms. The third-order valence-corrected chi connectivity index (χ3v) is 12.1. The fourth-order valence-electron chi connectivity index (χ4n) is 7.86. The molecular weight excluding hydrogens is 838 g/mol. The van der Waals surface area contributed by atoms with Crippen LogP contribution in [0.25, 0.3) is 44.5 Å². The Hall–Kier alpha value is -7.88. The monoisotopic (exact) mass is 878 g/mol.